The highest BCUT2D eigenvalue weighted by Gasteiger charge is 2.53. The molecule has 14 rings (SSSR count). The highest BCUT2D eigenvalue weighted by atomic mass is 32.1. The monoisotopic (exact) mass is 858 g/mol. The van der Waals surface area contributed by atoms with E-state index in [1.54, 1.807) is 0 Å². The molecular weight excluding hydrogens is 817 g/mol. The molecule has 3 heteroatoms. The maximum absolute atomic E-state index is 2.52. The van der Waals surface area contributed by atoms with Gasteiger partial charge in [0.25, 0.3) is 0 Å². The van der Waals surface area contributed by atoms with Crippen molar-refractivity contribution in [3.63, 3.8) is 0 Å². The molecule has 2 nitrogen and oxygen atoms in total. The average Bonchev–Trinajstić information content (AvgIpc) is 4.10. The zero-order valence-electron chi connectivity index (χ0n) is 36.1. The molecular formula is C63H42N2S. The standard InChI is InChI=1S/C63H42N2S/c1-3-15-45(16-4-1)64(46-17-5-2-6-18-46)47-33-27-41(28-34-47)44-32-38-53-57(40-44)63(62-61(53)54-22-10-14-26-60(54)66-62)55-23-11-7-19-49(55)50-37-31-43(39-56(50)63)42-29-35-48(36-30-42)65-58-24-12-8-20-51(58)52-21-9-13-25-59(52)65/h1-17,19-40,46H,18H2. The third kappa shape index (κ3) is 5.35. The third-order valence-corrected chi connectivity index (χ3v) is 15.8. The first kappa shape index (κ1) is 37.4. The second-order valence-corrected chi connectivity index (χ2v) is 19.0. The first-order valence-corrected chi connectivity index (χ1v) is 23.8. The molecule has 0 saturated heterocycles. The molecule has 0 fully saturated rings. The van der Waals surface area contributed by atoms with E-state index in [1.807, 2.05) is 11.3 Å². The smallest absolute Gasteiger partial charge is 0.0819 e. The summed E-state index contributed by atoms with van der Waals surface area (Å²) in [6.07, 6.45) is 9.88. The number of para-hydroxylation sites is 3. The lowest BCUT2D eigenvalue weighted by Crippen LogP contribution is -2.29. The number of hydrogen-bond donors (Lipinski definition) is 0. The predicted molar refractivity (Wildman–Crippen MR) is 279 cm³/mol. The highest BCUT2D eigenvalue weighted by molar-refractivity contribution is 7.20. The maximum Gasteiger partial charge on any atom is 0.0819 e. The number of nitrogens with zero attached hydrogens (tertiary/aromatic N) is 2. The summed E-state index contributed by atoms with van der Waals surface area (Å²) in [5, 5.41) is 3.89. The van der Waals surface area contributed by atoms with E-state index in [-0.39, 0.29) is 6.04 Å². The second-order valence-electron chi connectivity index (χ2n) is 17.9. The molecule has 11 aromatic rings. The predicted octanol–water partition coefficient (Wildman–Crippen LogP) is 16.7. The molecule has 0 aliphatic heterocycles. The highest BCUT2D eigenvalue weighted by Crippen LogP contribution is 2.66. The molecule has 310 valence electrons. The Morgan fingerprint density at radius 1 is 0.455 bits per heavy atom. The third-order valence-electron chi connectivity index (χ3n) is 14.5. The van der Waals surface area contributed by atoms with Gasteiger partial charge in [0.2, 0.25) is 0 Å². The van der Waals surface area contributed by atoms with Crippen molar-refractivity contribution in [3.8, 4) is 50.2 Å². The van der Waals surface area contributed by atoms with Gasteiger partial charge >= 0.3 is 0 Å². The van der Waals surface area contributed by atoms with E-state index < -0.39 is 5.41 Å². The van der Waals surface area contributed by atoms with Crippen LogP contribution in [0.15, 0.2) is 237 Å². The molecule has 0 N–H and O–H groups in total. The van der Waals surface area contributed by atoms with Crippen LogP contribution in [0.3, 0.4) is 0 Å². The van der Waals surface area contributed by atoms with Gasteiger partial charge in [-0.05, 0) is 129 Å². The Labute approximate surface area is 388 Å². The molecule has 2 unspecified atom stereocenters. The summed E-state index contributed by atoms with van der Waals surface area (Å²) >= 11 is 1.97. The van der Waals surface area contributed by atoms with Crippen molar-refractivity contribution in [2.24, 2.45) is 0 Å². The number of aromatic nitrogens is 1. The van der Waals surface area contributed by atoms with Crippen molar-refractivity contribution in [3.05, 3.63) is 258 Å². The number of anilines is 2. The number of hydrogen-bond acceptors (Lipinski definition) is 2. The van der Waals surface area contributed by atoms with E-state index in [9.17, 15) is 0 Å². The minimum Gasteiger partial charge on any atom is -0.334 e. The molecule has 66 heavy (non-hydrogen) atoms. The molecule has 0 radical (unpaired) electrons. The van der Waals surface area contributed by atoms with Gasteiger partial charge in [-0.15, -0.1) is 11.3 Å². The minimum absolute atomic E-state index is 0.252. The van der Waals surface area contributed by atoms with Crippen LogP contribution < -0.4 is 4.90 Å². The SMILES string of the molecule is C1=CCC(N(c2ccccc2)c2ccc(-c3ccc4c(c3)C3(c5ccccc5-c5ccc(-c6ccc(-n7c8ccccc8c8ccccc87)cc6)cc53)c3sc5ccccc5c3-4)cc2)C=C1. The van der Waals surface area contributed by atoms with Crippen LogP contribution in [0.2, 0.25) is 0 Å². The Hall–Kier alpha value is -7.98. The first-order chi connectivity index (χ1) is 32.7. The topological polar surface area (TPSA) is 8.17 Å². The Morgan fingerprint density at radius 3 is 1.73 bits per heavy atom. The van der Waals surface area contributed by atoms with Gasteiger partial charge in [-0.3, -0.25) is 0 Å². The van der Waals surface area contributed by atoms with Gasteiger partial charge in [0.1, 0.15) is 0 Å². The Balaban J connectivity index is 0.923. The molecule has 2 aromatic heterocycles. The quantitative estimate of drug-likeness (QED) is 0.162. The van der Waals surface area contributed by atoms with Crippen LogP contribution >= 0.6 is 11.3 Å². The lowest BCUT2D eigenvalue weighted by molar-refractivity contribution is 0.785. The van der Waals surface area contributed by atoms with Gasteiger partial charge in [0, 0.05) is 48.4 Å². The van der Waals surface area contributed by atoms with Crippen LogP contribution in [-0.2, 0) is 5.41 Å². The fourth-order valence-corrected chi connectivity index (χ4v) is 13.1. The van der Waals surface area contributed by atoms with Gasteiger partial charge in [0.05, 0.1) is 22.5 Å². The molecule has 0 saturated carbocycles. The van der Waals surface area contributed by atoms with Crippen molar-refractivity contribution in [2.45, 2.75) is 17.9 Å². The summed E-state index contributed by atoms with van der Waals surface area (Å²) in [7, 11) is 0. The van der Waals surface area contributed by atoms with Crippen LogP contribution in [-0.4, -0.2) is 10.6 Å². The fraction of sp³-hybridized carbons (Fsp3) is 0.0476. The lowest BCUT2D eigenvalue weighted by atomic mass is 9.73. The van der Waals surface area contributed by atoms with E-state index in [4.69, 9.17) is 0 Å². The first-order valence-electron chi connectivity index (χ1n) is 23.0. The Bertz CT molecular complexity index is 3740. The van der Waals surface area contributed by atoms with Gasteiger partial charge < -0.3 is 9.47 Å². The van der Waals surface area contributed by atoms with Gasteiger partial charge in [-0.1, -0.05) is 170 Å². The Morgan fingerprint density at radius 2 is 1.02 bits per heavy atom. The lowest BCUT2D eigenvalue weighted by Gasteiger charge is -2.32. The summed E-state index contributed by atoms with van der Waals surface area (Å²) in [5.41, 5.74) is 19.8. The Kier molecular flexibility index (Phi) is 8.23. The zero-order valence-corrected chi connectivity index (χ0v) is 36.9. The number of allylic oxidation sites excluding steroid dienone is 2. The molecule has 9 aromatic carbocycles. The van der Waals surface area contributed by atoms with Crippen molar-refractivity contribution in [1.82, 2.24) is 4.57 Å². The fourth-order valence-electron chi connectivity index (χ4n) is 11.6. The van der Waals surface area contributed by atoms with Crippen molar-refractivity contribution in [1.29, 1.82) is 0 Å². The summed E-state index contributed by atoms with van der Waals surface area (Å²) in [6.45, 7) is 0. The zero-order chi connectivity index (χ0) is 43.3. The van der Waals surface area contributed by atoms with Crippen LogP contribution in [0.4, 0.5) is 11.4 Å². The summed E-state index contributed by atoms with van der Waals surface area (Å²) in [5.74, 6) is 0. The largest absolute Gasteiger partial charge is 0.334 e. The number of rotatable bonds is 6. The van der Waals surface area contributed by atoms with E-state index in [0.717, 1.165) is 12.1 Å². The summed E-state index contributed by atoms with van der Waals surface area (Å²) in [6, 6.07) is 79.7. The molecule has 0 bridgehead atoms. The van der Waals surface area contributed by atoms with E-state index in [0.29, 0.717) is 0 Å². The summed E-state index contributed by atoms with van der Waals surface area (Å²) < 4.78 is 3.73. The van der Waals surface area contributed by atoms with Gasteiger partial charge in [0.15, 0.2) is 0 Å². The molecule has 3 aliphatic rings. The van der Waals surface area contributed by atoms with E-state index >= 15 is 0 Å². The minimum atomic E-state index is -0.472. The van der Waals surface area contributed by atoms with E-state index in [2.05, 4.69) is 246 Å². The van der Waals surface area contributed by atoms with Gasteiger partial charge in [-0.2, -0.15) is 0 Å². The van der Waals surface area contributed by atoms with Gasteiger partial charge in [-0.25, -0.2) is 0 Å². The number of benzene rings is 9. The molecule has 0 amide bonds. The van der Waals surface area contributed by atoms with Crippen LogP contribution in [0.5, 0.6) is 0 Å². The molecule has 2 atom stereocenters. The summed E-state index contributed by atoms with van der Waals surface area (Å²) in [4.78, 5) is 3.89. The van der Waals surface area contributed by atoms with Crippen LogP contribution in [0, 0.1) is 0 Å². The van der Waals surface area contributed by atoms with Crippen LogP contribution in [0.1, 0.15) is 28.0 Å². The molecule has 2 heterocycles. The van der Waals surface area contributed by atoms with E-state index in [1.165, 1.54) is 109 Å². The molecule has 1 spiro atoms. The van der Waals surface area contributed by atoms with Crippen molar-refractivity contribution < 1.29 is 0 Å². The van der Waals surface area contributed by atoms with Crippen LogP contribution in [0.25, 0.3) is 82.1 Å². The molecule has 3 aliphatic carbocycles. The number of fused-ring (bicyclic) bond motifs is 15. The normalized spacial score (nSPS) is 16.5. The number of thiophene rings is 1. The average molecular weight is 859 g/mol. The maximum atomic E-state index is 2.52. The van der Waals surface area contributed by atoms with Crippen molar-refractivity contribution >= 4 is 54.6 Å². The van der Waals surface area contributed by atoms with Crippen molar-refractivity contribution in [2.75, 3.05) is 4.90 Å². The second kappa shape index (κ2) is 14.5.